The molecule has 3 aliphatic carbocycles. The fourth-order valence-electron chi connectivity index (χ4n) is 7.03. The Kier molecular flexibility index (Phi) is 4.15. The fraction of sp³-hybridized carbons (Fsp3) is 0.290. The van der Waals surface area contributed by atoms with Crippen LogP contribution in [0.2, 0.25) is 0 Å². The van der Waals surface area contributed by atoms with Gasteiger partial charge in [0.1, 0.15) is 0 Å². The van der Waals surface area contributed by atoms with Crippen molar-refractivity contribution in [2.24, 2.45) is 11.3 Å². The molecule has 5 atom stereocenters. The van der Waals surface area contributed by atoms with Crippen LogP contribution >= 0.6 is 0 Å². The Hall–Kier alpha value is -3.26. The van der Waals surface area contributed by atoms with Gasteiger partial charge < -0.3 is 9.88 Å². The van der Waals surface area contributed by atoms with Crippen LogP contribution < -0.4 is 0 Å². The van der Waals surface area contributed by atoms with Gasteiger partial charge in [0, 0.05) is 39.2 Å². The quantitative estimate of drug-likeness (QED) is 0.445. The van der Waals surface area contributed by atoms with E-state index in [9.17, 15) is 0 Å². The molecule has 1 saturated heterocycles. The molecular weight excluding hydrogens is 400 g/mol. The number of aromatic amines is 1. The summed E-state index contributed by atoms with van der Waals surface area (Å²) in [5.41, 5.74) is 7.10. The number of para-hydroxylation sites is 1. The highest BCUT2D eigenvalue weighted by Crippen LogP contribution is 2.61. The zero-order valence-corrected chi connectivity index (χ0v) is 19.1. The number of allylic oxidation sites excluding steroid dienone is 4. The fourth-order valence-corrected chi connectivity index (χ4v) is 7.03. The molecule has 1 N–H and O–H groups in total. The van der Waals surface area contributed by atoms with Crippen LogP contribution in [-0.4, -0.2) is 15.9 Å². The summed E-state index contributed by atoms with van der Waals surface area (Å²) in [6, 6.07) is 20.6. The molecule has 2 aromatic carbocycles. The Morgan fingerprint density at radius 3 is 2.64 bits per heavy atom. The van der Waals surface area contributed by atoms with Crippen LogP contribution in [0.3, 0.4) is 0 Å². The number of benzene rings is 2. The number of H-pyrrole nitrogens is 1. The largest absolute Gasteiger partial charge is 0.359 e. The number of hydrogen-bond donors (Lipinski definition) is 1. The lowest BCUT2D eigenvalue weighted by Gasteiger charge is -2.40. The molecule has 33 heavy (non-hydrogen) atoms. The zero-order chi connectivity index (χ0) is 22.0. The Morgan fingerprint density at radius 1 is 0.970 bits per heavy atom. The van der Waals surface area contributed by atoms with Crippen molar-refractivity contribution in [2.45, 2.75) is 44.2 Å². The molecule has 2 heteroatoms. The summed E-state index contributed by atoms with van der Waals surface area (Å²) in [5.74, 6) is 1.12. The minimum absolute atomic E-state index is 0.0664. The van der Waals surface area contributed by atoms with E-state index in [1.54, 1.807) is 0 Å². The van der Waals surface area contributed by atoms with Crippen LogP contribution in [0, 0.1) is 11.3 Å². The van der Waals surface area contributed by atoms with Gasteiger partial charge in [-0.25, -0.2) is 0 Å². The summed E-state index contributed by atoms with van der Waals surface area (Å²) in [6.45, 7) is 2.47. The number of aromatic nitrogens is 1. The SMILES string of the molecule is CC12C=Cc3c([nH]c4ccccc34)C1N(C1=CCC(c3ccccc3)CC1)C1C=CC=CC12. The topological polar surface area (TPSA) is 19.0 Å². The smallest absolute Gasteiger partial charge is 0.0795 e. The average molecular weight is 431 g/mol. The number of rotatable bonds is 2. The van der Waals surface area contributed by atoms with Crippen LogP contribution in [-0.2, 0) is 0 Å². The van der Waals surface area contributed by atoms with Crippen molar-refractivity contribution in [3.05, 3.63) is 114 Å². The second-order valence-corrected chi connectivity index (χ2v) is 10.4. The first kappa shape index (κ1) is 19.2. The van der Waals surface area contributed by atoms with Crippen LogP contribution in [0.25, 0.3) is 17.0 Å². The zero-order valence-electron chi connectivity index (χ0n) is 19.1. The number of fused-ring (bicyclic) bond motifs is 7. The summed E-state index contributed by atoms with van der Waals surface area (Å²) >= 11 is 0. The highest BCUT2D eigenvalue weighted by Gasteiger charge is 2.57. The van der Waals surface area contributed by atoms with Crippen LogP contribution in [0.4, 0.5) is 0 Å². The molecular formula is C31H30N2. The van der Waals surface area contributed by atoms with E-state index in [0.717, 1.165) is 12.8 Å². The van der Waals surface area contributed by atoms with Gasteiger partial charge in [-0.2, -0.15) is 0 Å². The first-order chi connectivity index (χ1) is 16.2. The highest BCUT2D eigenvalue weighted by molar-refractivity contribution is 5.91. The molecule has 0 radical (unpaired) electrons. The Balaban J connectivity index is 1.33. The third-order valence-corrected chi connectivity index (χ3v) is 8.66. The van der Waals surface area contributed by atoms with Gasteiger partial charge >= 0.3 is 0 Å². The van der Waals surface area contributed by atoms with Gasteiger partial charge in [-0.15, -0.1) is 0 Å². The summed E-state index contributed by atoms with van der Waals surface area (Å²) < 4.78 is 0. The van der Waals surface area contributed by atoms with E-state index in [-0.39, 0.29) is 5.41 Å². The maximum Gasteiger partial charge on any atom is 0.0795 e. The van der Waals surface area contributed by atoms with Crippen molar-refractivity contribution in [3.63, 3.8) is 0 Å². The van der Waals surface area contributed by atoms with E-state index in [1.165, 1.54) is 39.8 Å². The molecule has 4 aliphatic rings. The lowest BCUT2D eigenvalue weighted by atomic mass is 9.68. The van der Waals surface area contributed by atoms with Crippen molar-refractivity contribution in [3.8, 4) is 0 Å². The summed E-state index contributed by atoms with van der Waals surface area (Å²) in [4.78, 5) is 6.64. The van der Waals surface area contributed by atoms with E-state index in [2.05, 4.69) is 114 Å². The van der Waals surface area contributed by atoms with Crippen molar-refractivity contribution in [1.29, 1.82) is 0 Å². The second kappa shape index (κ2) is 7.12. The predicted octanol–water partition coefficient (Wildman–Crippen LogP) is 7.52. The number of hydrogen-bond acceptors (Lipinski definition) is 1. The van der Waals surface area contributed by atoms with Crippen LogP contribution in [0.15, 0.2) is 96.8 Å². The first-order valence-electron chi connectivity index (χ1n) is 12.4. The number of nitrogens with one attached hydrogen (secondary N) is 1. The van der Waals surface area contributed by atoms with E-state index in [0.29, 0.717) is 23.9 Å². The van der Waals surface area contributed by atoms with Crippen molar-refractivity contribution in [2.75, 3.05) is 0 Å². The Bertz CT molecular complexity index is 1340. The molecule has 3 aromatic rings. The van der Waals surface area contributed by atoms with Gasteiger partial charge in [0.15, 0.2) is 0 Å². The van der Waals surface area contributed by atoms with Crippen LogP contribution in [0.5, 0.6) is 0 Å². The van der Waals surface area contributed by atoms with Gasteiger partial charge in [0.2, 0.25) is 0 Å². The van der Waals surface area contributed by atoms with Gasteiger partial charge in [0.05, 0.1) is 12.1 Å². The third-order valence-electron chi connectivity index (χ3n) is 8.66. The van der Waals surface area contributed by atoms with E-state index >= 15 is 0 Å². The molecule has 164 valence electrons. The number of nitrogens with zero attached hydrogens (tertiary/aromatic N) is 1. The normalized spacial score (nSPS) is 31.9. The van der Waals surface area contributed by atoms with E-state index in [4.69, 9.17) is 0 Å². The molecule has 0 saturated carbocycles. The molecule has 1 aliphatic heterocycles. The number of likely N-dealkylation sites (tertiary alicyclic amines) is 1. The molecule has 1 aromatic heterocycles. The third kappa shape index (κ3) is 2.73. The Morgan fingerprint density at radius 2 is 1.79 bits per heavy atom. The van der Waals surface area contributed by atoms with Crippen molar-refractivity contribution >= 4 is 17.0 Å². The van der Waals surface area contributed by atoms with Crippen molar-refractivity contribution < 1.29 is 0 Å². The summed E-state index contributed by atoms with van der Waals surface area (Å²) in [5, 5.41) is 1.34. The van der Waals surface area contributed by atoms with Gasteiger partial charge in [-0.1, -0.05) is 98.0 Å². The Labute approximate surface area is 196 Å². The monoisotopic (exact) mass is 430 g/mol. The van der Waals surface area contributed by atoms with Crippen molar-refractivity contribution in [1.82, 2.24) is 9.88 Å². The van der Waals surface area contributed by atoms with Gasteiger partial charge in [0.25, 0.3) is 0 Å². The molecule has 0 amide bonds. The maximum absolute atomic E-state index is 3.86. The molecule has 0 bridgehead atoms. The second-order valence-electron chi connectivity index (χ2n) is 10.4. The first-order valence-corrected chi connectivity index (χ1v) is 12.4. The standard InChI is InChI=1S/C31H30N2/c1-31-20-19-25-24-11-5-7-13-27(24)32-29(25)30(31)33(28-14-8-6-12-26(28)31)23-17-15-22(16-18-23)21-9-3-2-4-10-21/h2-14,17,19-20,22,26,28,30,32H,15-16,18H2,1H3. The molecule has 7 rings (SSSR count). The van der Waals surface area contributed by atoms with E-state index in [1.807, 2.05) is 0 Å². The van der Waals surface area contributed by atoms with Gasteiger partial charge in [-0.3, -0.25) is 0 Å². The molecule has 1 fully saturated rings. The predicted molar refractivity (Wildman–Crippen MR) is 137 cm³/mol. The summed E-state index contributed by atoms with van der Waals surface area (Å²) in [6.07, 6.45) is 20.3. The lowest BCUT2D eigenvalue weighted by Crippen LogP contribution is -2.35. The molecule has 2 nitrogen and oxygen atoms in total. The molecule has 5 unspecified atom stereocenters. The lowest BCUT2D eigenvalue weighted by molar-refractivity contribution is 0.211. The van der Waals surface area contributed by atoms with E-state index < -0.39 is 0 Å². The highest BCUT2D eigenvalue weighted by atomic mass is 15.3. The maximum atomic E-state index is 3.86. The molecule has 0 spiro atoms. The summed E-state index contributed by atoms with van der Waals surface area (Å²) in [7, 11) is 0. The van der Waals surface area contributed by atoms with Crippen LogP contribution in [0.1, 0.15) is 55.0 Å². The minimum Gasteiger partial charge on any atom is -0.359 e. The molecule has 2 heterocycles. The van der Waals surface area contributed by atoms with Gasteiger partial charge in [-0.05, 0) is 36.8 Å². The average Bonchev–Trinajstić information content (AvgIpc) is 3.38. The minimum atomic E-state index is 0.0664.